The second-order valence-corrected chi connectivity index (χ2v) is 5.13. The number of hydrogen-bond donors (Lipinski definition) is 2. The molecular formula is C16H12F3N3O2. The van der Waals surface area contributed by atoms with E-state index in [1.165, 1.54) is 31.5 Å². The van der Waals surface area contributed by atoms with Crippen LogP contribution in [0.15, 0.2) is 36.5 Å². The van der Waals surface area contributed by atoms with Gasteiger partial charge in [0.1, 0.15) is 5.75 Å². The molecule has 0 atom stereocenters. The zero-order chi connectivity index (χ0) is 17.5. The minimum absolute atomic E-state index is 0.200. The maximum absolute atomic E-state index is 13.1. The number of alkyl halides is 3. The Labute approximate surface area is 134 Å². The van der Waals surface area contributed by atoms with E-state index >= 15 is 0 Å². The summed E-state index contributed by atoms with van der Waals surface area (Å²) in [6.45, 7) is 0. The number of amides is 1. The Hall–Kier alpha value is -3.03. The van der Waals surface area contributed by atoms with Crippen LogP contribution in [0.4, 0.5) is 13.2 Å². The van der Waals surface area contributed by atoms with Crippen LogP contribution in [0.5, 0.6) is 5.75 Å². The van der Waals surface area contributed by atoms with Gasteiger partial charge in [0, 0.05) is 16.5 Å². The van der Waals surface area contributed by atoms with E-state index in [9.17, 15) is 18.0 Å². The molecule has 1 heterocycles. The summed E-state index contributed by atoms with van der Waals surface area (Å²) in [6.07, 6.45) is -3.07. The lowest BCUT2D eigenvalue weighted by molar-refractivity contribution is -0.137. The van der Waals surface area contributed by atoms with E-state index in [0.29, 0.717) is 16.5 Å². The first kappa shape index (κ1) is 15.9. The predicted molar refractivity (Wildman–Crippen MR) is 81.6 cm³/mol. The van der Waals surface area contributed by atoms with Crippen LogP contribution in [-0.4, -0.2) is 23.2 Å². The molecule has 0 radical (unpaired) electrons. The molecular weight excluding hydrogens is 323 g/mol. The van der Waals surface area contributed by atoms with Gasteiger partial charge in [0.2, 0.25) is 5.91 Å². The van der Waals surface area contributed by atoms with E-state index in [0.717, 1.165) is 12.1 Å². The number of methoxy groups -OCH3 is 1. The van der Waals surface area contributed by atoms with Crippen molar-refractivity contribution in [3.8, 4) is 16.9 Å². The van der Waals surface area contributed by atoms with Crippen LogP contribution in [-0.2, 0) is 6.18 Å². The van der Waals surface area contributed by atoms with Crippen LogP contribution in [0, 0.1) is 0 Å². The third-order valence-corrected chi connectivity index (χ3v) is 3.66. The molecule has 0 bridgehead atoms. The van der Waals surface area contributed by atoms with Gasteiger partial charge in [0.05, 0.1) is 24.4 Å². The molecule has 2 aromatic carbocycles. The van der Waals surface area contributed by atoms with Crippen molar-refractivity contribution in [2.75, 3.05) is 7.11 Å². The van der Waals surface area contributed by atoms with Gasteiger partial charge in [-0.05, 0) is 35.9 Å². The van der Waals surface area contributed by atoms with Crippen molar-refractivity contribution in [2.24, 2.45) is 5.73 Å². The van der Waals surface area contributed by atoms with Crippen LogP contribution >= 0.6 is 0 Å². The summed E-state index contributed by atoms with van der Waals surface area (Å²) in [7, 11) is 1.36. The molecule has 0 aliphatic heterocycles. The van der Waals surface area contributed by atoms with E-state index in [-0.39, 0.29) is 16.8 Å². The molecule has 8 heteroatoms. The van der Waals surface area contributed by atoms with Crippen molar-refractivity contribution in [1.29, 1.82) is 0 Å². The quantitative estimate of drug-likeness (QED) is 0.770. The first-order valence-corrected chi connectivity index (χ1v) is 6.84. The van der Waals surface area contributed by atoms with Gasteiger partial charge in [0.25, 0.3) is 0 Å². The molecule has 0 spiro atoms. The Morgan fingerprint density at radius 3 is 2.58 bits per heavy atom. The molecule has 3 aromatic rings. The number of carbonyl (C=O) groups is 1. The minimum atomic E-state index is -4.51. The van der Waals surface area contributed by atoms with Gasteiger partial charge in [0.15, 0.2) is 0 Å². The molecule has 1 aromatic heterocycles. The van der Waals surface area contributed by atoms with Crippen LogP contribution in [0.1, 0.15) is 15.9 Å². The number of ether oxygens (including phenoxy) is 1. The summed E-state index contributed by atoms with van der Waals surface area (Å²) in [4.78, 5) is 11.3. The summed E-state index contributed by atoms with van der Waals surface area (Å²) in [6, 6.07) is 6.35. The largest absolute Gasteiger partial charge is 0.496 e. The number of fused-ring (bicyclic) bond motifs is 1. The number of aromatic nitrogens is 2. The highest BCUT2D eigenvalue weighted by atomic mass is 19.4. The highest BCUT2D eigenvalue weighted by Crippen LogP contribution is 2.39. The summed E-state index contributed by atoms with van der Waals surface area (Å²) < 4.78 is 44.7. The predicted octanol–water partition coefficient (Wildman–Crippen LogP) is 3.36. The number of benzene rings is 2. The number of rotatable bonds is 3. The fourth-order valence-electron chi connectivity index (χ4n) is 2.50. The number of nitrogens with zero attached hydrogens (tertiary/aromatic N) is 1. The van der Waals surface area contributed by atoms with Gasteiger partial charge in [-0.25, -0.2) is 0 Å². The highest BCUT2D eigenvalue weighted by molar-refractivity contribution is 5.99. The second-order valence-electron chi connectivity index (χ2n) is 5.13. The Morgan fingerprint density at radius 2 is 1.96 bits per heavy atom. The molecule has 0 saturated heterocycles. The van der Waals surface area contributed by atoms with Gasteiger partial charge in [-0.3, -0.25) is 9.89 Å². The molecule has 0 saturated carbocycles. The average Bonchev–Trinajstić information content (AvgIpc) is 3.01. The van der Waals surface area contributed by atoms with E-state index in [2.05, 4.69) is 10.2 Å². The lowest BCUT2D eigenvalue weighted by atomic mass is 9.97. The fraction of sp³-hybridized carbons (Fsp3) is 0.125. The molecule has 124 valence electrons. The first-order valence-electron chi connectivity index (χ1n) is 6.84. The Bertz CT molecular complexity index is 932. The maximum atomic E-state index is 13.1. The van der Waals surface area contributed by atoms with Crippen molar-refractivity contribution in [1.82, 2.24) is 10.2 Å². The van der Waals surface area contributed by atoms with Crippen LogP contribution in [0.2, 0.25) is 0 Å². The molecule has 1 amide bonds. The van der Waals surface area contributed by atoms with Gasteiger partial charge in [-0.2, -0.15) is 18.3 Å². The molecule has 3 rings (SSSR count). The Kier molecular flexibility index (Phi) is 3.67. The van der Waals surface area contributed by atoms with Crippen molar-refractivity contribution >= 4 is 16.8 Å². The lowest BCUT2D eigenvalue weighted by Crippen LogP contribution is -2.11. The molecule has 5 nitrogen and oxygen atoms in total. The standard InChI is InChI=1S/C16H12F3N3O2/c1-24-14-4-8(15(20)23)2-3-10(14)11-5-9(16(17,18)19)6-13-12(11)7-21-22-13/h2-7H,1H3,(H2,20,23)(H,21,22). The number of nitrogens with two attached hydrogens (primary N) is 1. The number of hydrogen-bond acceptors (Lipinski definition) is 3. The van der Waals surface area contributed by atoms with Gasteiger partial charge >= 0.3 is 6.18 Å². The summed E-state index contributed by atoms with van der Waals surface area (Å²) in [5.74, 6) is -0.412. The lowest BCUT2D eigenvalue weighted by Gasteiger charge is -2.14. The van der Waals surface area contributed by atoms with E-state index < -0.39 is 17.6 Å². The number of nitrogens with one attached hydrogen (secondary N) is 1. The zero-order valence-corrected chi connectivity index (χ0v) is 12.4. The second kappa shape index (κ2) is 5.55. The Morgan fingerprint density at radius 1 is 1.21 bits per heavy atom. The number of primary amides is 1. The molecule has 0 fully saturated rings. The molecule has 3 N–H and O–H groups in total. The molecule has 24 heavy (non-hydrogen) atoms. The number of halogens is 3. The first-order chi connectivity index (χ1) is 11.3. The minimum Gasteiger partial charge on any atom is -0.496 e. The Balaban J connectivity index is 2.29. The van der Waals surface area contributed by atoms with Gasteiger partial charge in [-0.15, -0.1) is 0 Å². The smallest absolute Gasteiger partial charge is 0.416 e. The SMILES string of the molecule is COc1cc(C(N)=O)ccc1-c1cc(C(F)(F)F)cc2[nH]ncc12. The normalized spacial score (nSPS) is 11.7. The summed E-state index contributed by atoms with van der Waals surface area (Å²) in [5.41, 5.74) is 5.56. The molecule has 0 aliphatic rings. The summed E-state index contributed by atoms with van der Waals surface area (Å²) in [5, 5.41) is 6.86. The number of aromatic amines is 1. The van der Waals surface area contributed by atoms with Crippen molar-refractivity contribution in [3.05, 3.63) is 47.7 Å². The van der Waals surface area contributed by atoms with Crippen LogP contribution < -0.4 is 10.5 Å². The average molecular weight is 335 g/mol. The topological polar surface area (TPSA) is 81.0 Å². The van der Waals surface area contributed by atoms with Crippen molar-refractivity contribution in [2.45, 2.75) is 6.18 Å². The number of carbonyl (C=O) groups excluding carboxylic acids is 1. The monoisotopic (exact) mass is 335 g/mol. The highest BCUT2D eigenvalue weighted by Gasteiger charge is 2.32. The third kappa shape index (κ3) is 2.66. The van der Waals surface area contributed by atoms with E-state index in [1.54, 1.807) is 0 Å². The van der Waals surface area contributed by atoms with Crippen LogP contribution in [0.3, 0.4) is 0 Å². The summed E-state index contributed by atoms with van der Waals surface area (Å²) >= 11 is 0. The van der Waals surface area contributed by atoms with Crippen molar-refractivity contribution < 1.29 is 22.7 Å². The zero-order valence-electron chi connectivity index (χ0n) is 12.4. The van der Waals surface area contributed by atoms with E-state index in [4.69, 9.17) is 10.5 Å². The third-order valence-electron chi connectivity index (χ3n) is 3.66. The van der Waals surface area contributed by atoms with E-state index in [1.807, 2.05) is 0 Å². The van der Waals surface area contributed by atoms with Crippen LogP contribution in [0.25, 0.3) is 22.0 Å². The van der Waals surface area contributed by atoms with Crippen molar-refractivity contribution in [3.63, 3.8) is 0 Å². The molecule has 0 aliphatic carbocycles. The maximum Gasteiger partial charge on any atom is 0.416 e. The van der Waals surface area contributed by atoms with Gasteiger partial charge < -0.3 is 10.5 Å². The van der Waals surface area contributed by atoms with Gasteiger partial charge in [-0.1, -0.05) is 0 Å². The molecule has 0 unspecified atom stereocenters. The number of H-pyrrole nitrogens is 1. The fourth-order valence-corrected chi connectivity index (χ4v) is 2.50.